The Hall–Kier alpha value is -1.28. The molecular weight excluding hydrogens is 206 g/mol. The van der Waals surface area contributed by atoms with Crippen LogP contribution >= 0.6 is 0 Å². The second-order valence-electron chi connectivity index (χ2n) is 5.14. The predicted molar refractivity (Wildman–Crippen MR) is 59.6 cm³/mol. The lowest BCUT2D eigenvalue weighted by Gasteiger charge is -2.27. The van der Waals surface area contributed by atoms with E-state index in [0.29, 0.717) is 19.4 Å². The summed E-state index contributed by atoms with van der Waals surface area (Å²) in [6, 6.07) is 1.92. The summed E-state index contributed by atoms with van der Waals surface area (Å²) in [5.74, 6) is 0. The molecule has 5 heteroatoms. The van der Waals surface area contributed by atoms with Gasteiger partial charge in [-0.1, -0.05) is 0 Å². The van der Waals surface area contributed by atoms with Crippen molar-refractivity contribution in [3.8, 4) is 6.07 Å². The second-order valence-corrected chi connectivity index (χ2v) is 5.14. The lowest BCUT2D eigenvalue weighted by molar-refractivity contribution is 0.0228. The normalized spacial score (nSPS) is 25.3. The summed E-state index contributed by atoms with van der Waals surface area (Å²) in [5, 5.41) is 8.68. The minimum Gasteiger partial charge on any atom is -0.444 e. The van der Waals surface area contributed by atoms with Crippen molar-refractivity contribution in [3.05, 3.63) is 0 Å². The first-order valence-electron chi connectivity index (χ1n) is 5.45. The molecule has 0 spiro atoms. The number of amides is 1. The Labute approximate surface area is 96.2 Å². The minimum absolute atomic E-state index is 0.0501. The van der Waals surface area contributed by atoms with Gasteiger partial charge in [-0.25, -0.2) is 4.79 Å². The third kappa shape index (κ3) is 3.38. The molecule has 1 heterocycles. The topological polar surface area (TPSA) is 79.3 Å². The van der Waals surface area contributed by atoms with E-state index < -0.39 is 5.60 Å². The first-order valence-corrected chi connectivity index (χ1v) is 5.45. The number of carbonyl (C=O) groups excluding carboxylic acids is 1. The molecular formula is C11H19N3O2. The van der Waals surface area contributed by atoms with Crippen LogP contribution in [0, 0.1) is 11.3 Å². The van der Waals surface area contributed by atoms with Crippen molar-refractivity contribution in [3.63, 3.8) is 0 Å². The molecule has 0 aromatic carbocycles. The van der Waals surface area contributed by atoms with E-state index in [4.69, 9.17) is 15.7 Å². The summed E-state index contributed by atoms with van der Waals surface area (Å²) < 4.78 is 5.27. The summed E-state index contributed by atoms with van der Waals surface area (Å²) >= 11 is 0. The van der Waals surface area contributed by atoms with Crippen LogP contribution < -0.4 is 5.73 Å². The van der Waals surface area contributed by atoms with Gasteiger partial charge in [-0.3, -0.25) is 0 Å². The number of ether oxygens (including phenoxy) is 1. The molecule has 0 saturated carbocycles. The minimum atomic E-state index is -0.513. The van der Waals surface area contributed by atoms with Crippen molar-refractivity contribution >= 4 is 6.09 Å². The smallest absolute Gasteiger partial charge is 0.410 e. The van der Waals surface area contributed by atoms with Crippen molar-refractivity contribution in [1.82, 2.24) is 4.90 Å². The van der Waals surface area contributed by atoms with Crippen LogP contribution in [0.4, 0.5) is 4.79 Å². The van der Waals surface area contributed by atoms with Crippen LogP contribution in [-0.2, 0) is 4.74 Å². The molecule has 5 nitrogen and oxygen atoms in total. The summed E-state index contributed by atoms with van der Waals surface area (Å²) in [6.45, 7) is 5.93. The summed E-state index contributed by atoms with van der Waals surface area (Å²) in [7, 11) is 0. The fraction of sp³-hybridized carbons (Fsp3) is 0.818. The number of likely N-dealkylation sites (tertiary alicyclic amines) is 1. The summed E-state index contributed by atoms with van der Waals surface area (Å²) in [5.41, 5.74) is 5.28. The zero-order valence-electron chi connectivity index (χ0n) is 10.1. The van der Waals surface area contributed by atoms with Gasteiger partial charge in [0.1, 0.15) is 5.60 Å². The average molecular weight is 225 g/mol. The van der Waals surface area contributed by atoms with Crippen molar-refractivity contribution in [2.24, 2.45) is 5.73 Å². The van der Waals surface area contributed by atoms with Gasteiger partial charge in [0.2, 0.25) is 0 Å². The number of hydrogen-bond donors (Lipinski definition) is 1. The maximum atomic E-state index is 11.8. The molecule has 0 radical (unpaired) electrons. The highest BCUT2D eigenvalue weighted by atomic mass is 16.6. The molecule has 1 amide bonds. The van der Waals surface area contributed by atoms with Crippen molar-refractivity contribution in [1.29, 1.82) is 5.26 Å². The van der Waals surface area contributed by atoms with Gasteiger partial charge in [0.15, 0.2) is 0 Å². The van der Waals surface area contributed by atoms with Gasteiger partial charge in [0.05, 0.1) is 12.5 Å². The van der Waals surface area contributed by atoms with Crippen molar-refractivity contribution in [2.45, 2.75) is 51.3 Å². The first kappa shape index (κ1) is 12.8. The Balaban J connectivity index is 2.64. The molecule has 1 aliphatic heterocycles. The van der Waals surface area contributed by atoms with E-state index in [9.17, 15) is 4.79 Å². The van der Waals surface area contributed by atoms with Crippen LogP contribution in [0.1, 0.15) is 33.6 Å². The van der Waals surface area contributed by atoms with Crippen LogP contribution in [0.15, 0.2) is 0 Å². The van der Waals surface area contributed by atoms with E-state index in [0.717, 1.165) is 0 Å². The highest BCUT2D eigenvalue weighted by Crippen LogP contribution is 2.22. The highest BCUT2D eigenvalue weighted by molar-refractivity contribution is 5.69. The average Bonchev–Trinajstić information content (AvgIpc) is 2.44. The molecule has 2 atom stereocenters. The fourth-order valence-corrected chi connectivity index (χ4v) is 1.80. The van der Waals surface area contributed by atoms with Crippen LogP contribution in [0.5, 0.6) is 0 Å². The van der Waals surface area contributed by atoms with E-state index in [1.165, 1.54) is 0 Å². The summed E-state index contributed by atoms with van der Waals surface area (Å²) in [4.78, 5) is 13.4. The largest absolute Gasteiger partial charge is 0.444 e. The number of nitriles is 1. The number of carbonyl (C=O) groups is 1. The fourth-order valence-electron chi connectivity index (χ4n) is 1.80. The molecule has 0 aromatic rings. The monoisotopic (exact) mass is 225 g/mol. The molecule has 0 aromatic heterocycles. The molecule has 2 N–H and O–H groups in total. The molecule has 16 heavy (non-hydrogen) atoms. The van der Waals surface area contributed by atoms with Gasteiger partial charge >= 0.3 is 6.09 Å². The van der Waals surface area contributed by atoms with Crippen LogP contribution in [-0.4, -0.2) is 35.2 Å². The maximum Gasteiger partial charge on any atom is 0.410 e. The lowest BCUT2D eigenvalue weighted by Crippen LogP contribution is -2.40. The molecule has 0 bridgehead atoms. The predicted octanol–water partition coefficient (Wildman–Crippen LogP) is 1.24. The molecule has 0 unspecified atom stereocenters. The van der Waals surface area contributed by atoms with Crippen LogP contribution in [0.25, 0.3) is 0 Å². The van der Waals surface area contributed by atoms with E-state index in [-0.39, 0.29) is 18.2 Å². The van der Waals surface area contributed by atoms with Crippen LogP contribution in [0.3, 0.4) is 0 Å². The molecule has 1 saturated heterocycles. The highest BCUT2D eigenvalue weighted by Gasteiger charge is 2.35. The van der Waals surface area contributed by atoms with Gasteiger partial charge in [-0.2, -0.15) is 5.26 Å². The van der Waals surface area contributed by atoms with E-state index >= 15 is 0 Å². The summed E-state index contributed by atoms with van der Waals surface area (Å²) in [6.07, 6.45) is 0.612. The van der Waals surface area contributed by atoms with Gasteiger partial charge in [-0.15, -0.1) is 0 Å². The van der Waals surface area contributed by atoms with E-state index in [1.807, 2.05) is 20.8 Å². The third-order valence-electron chi connectivity index (χ3n) is 2.40. The van der Waals surface area contributed by atoms with Crippen molar-refractivity contribution < 1.29 is 9.53 Å². The maximum absolute atomic E-state index is 11.8. The second kappa shape index (κ2) is 4.71. The van der Waals surface area contributed by atoms with Crippen LogP contribution in [0.2, 0.25) is 0 Å². The first-order chi connectivity index (χ1) is 7.33. The SMILES string of the molecule is CC(C)(C)OC(=O)N1C[C@H](N)C[C@@H]1CC#N. The lowest BCUT2D eigenvalue weighted by atomic mass is 10.1. The Morgan fingerprint density at radius 3 is 2.75 bits per heavy atom. The number of nitrogens with two attached hydrogens (primary N) is 1. The van der Waals surface area contributed by atoms with Crippen molar-refractivity contribution in [2.75, 3.05) is 6.54 Å². The van der Waals surface area contributed by atoms with Gasteiger partial charge < -0.3 is 15.4 Å². The quantitative estimate of drug-likeness (QED) is 0.728. The molecule has 0 aliphatic carbocycles. The third-order valence-corrected chi connectivity index (χ3v) is 2.40. The van der Waals surface area contributed by atoms with Gasteiger partial charge in [0.25, 0.3) is 0 Å². The van der Waals surface area contributed by atoms with E-state index in [2.05, 4.69) is 6.07 Å². The number of rotatable bonds is 1. The van der Waals surface area contributed by atoms with Gasteiger partial charge in [-0.05, 0) is 27.2 Å². The molecule has 90 valence electrons. The zero-order valence-corrected chi connectivity index (χ0v) is 10.1. The number of nitrogens with zero attached hydrogens (tertiary/aromatic N) is 2. The Morgan fingerprint density at radius 2 is 2.25 bits per heavy atom. The standard InChI is InChI=1S/C11H19N3O2/c1-11(2,3)16-10(15)14-7-8(13)6-9(14)4-5-12/h8-9H,4,6-7,13H2,1-3H3/t8-,9+/m1/s1. The molecule has 1 fully saturated rings. The Kier molecular flexibility index (Phi) is 3.76. The zero-order chi connectivity index (χ0) is 12.3. The molecule has 1 aliphatic rings. The van der Waals surface area contributed by atoms with E-state index in [1.54, 1.807) is 4.90 Å². The molecule has 1 rings (SSSR count). The Bertz CT molecular complexity index is 303. The van der Waals surface area contributed by atoms with Gasteiger partial charge in [0, 0.05) is 18.6 Å². The number of hydrogen-bond acceptors (Lipinski definition) is 4. The Morgan fingerprint density at radius 1 is 1.62 bits per heavy atom.